The molecule has 0 spiro atoms. The highest BCUT2D eigenvalue weighted by molar-refractivity contribution is 5.90. The first-order valence-electron chi connectivity index (χ1n) is 8.70. The van der Waals surface area contributed by atoms with Crippen molar-refractivity contribution in [2.75, 3.05) is 31.5 Å². The molecule has 2 saturated heterocycles. The van der Waals surface area contributed by atoms with Crippen LogP contribution < -0.4 is 5.32 Å². The lowest BCUT2D eigenvalue weighted by atomic mass is 10.0. The standard InChI is InChI=1S/C18H26FN3O/c1-2-14-12-21-10-5-6-15(21)13-22(14)11-9-18(23)20-17-8-4-3-7-16(17)19/h3-4,7-8,14-15H,2,5-6,9-13H2,1H3,(H,20,23)/t14-,15+/m0/s1. The summed E-state index contributed by atoms with van der Waals surface area (Å²) in [5, 5.41) is 2.68. The number of carbonyl (C=O) groups is 1. The number of carbonyl (C=O) groups excluding carboxylic acids is 1. The Hall–Kier alpha value is -1.46. The maximum Gasteiger partial charge on any atom is 0.225 e. The van der Waals surface area contributed by atoms with Gasteiger partial charge in [-0.25, -0.2) is 4.39 Å². The van der Waals surface area contributed by atoms with Crippen LogP contribution in [0.5, 0.6) is 0 Å². The maximum absolute atomic E-state index is 13.6. The summed E-state index contributed by atoms with van der Waals surface area (Å²) in [5.74, 6) is -0.495. The largest absolute Gasteiger partial charge is 0.324 e. The Labute approximate surface area is 137 Å². The normalized spacial score (nSPS) is 25.3. The molecule has 126 valence electrons. The van der Waals surface area contributed by atoms with E-state index < -0.39 is 0 Å². The quantitative estimate of drug-likeness (QED) is 0.906. The van der Waals surface area contributed by atoms with Gasteiger partial charge in [-0.1, -0.05) is 19.1 Å². The Morgan fingerprint density at radius 1 is 1.35 bits per heavy atom. The molecule has 4 nitrogen and oxygen atoms in total. The number of halogens is 1. The summed E-state index contributed by atoms with van der Waals surface area (Å²) < 4.78 is 13.6. The fraction of sp³-hybridized carbons (Fsp3) is 0.611. The molecule has 5 heteroatoms. The third-order valence-corrected chi connectivity index (χ3v) is 5.15. The molecule has 0 bridgehead atoms. The molecule has 1 aromatic rings. The third-order valence-electron chi connectivity index (χ3n) is 5.15. The minimum Gasteiger partial charge on any atom is -0.324 e. The van der Waals surface area contributed by atoms with E-state index >= 15 is 0 Å². The van der Waals surface area contributed by atoms with E-state index in [4.69, 9.17) is 0 Å². The molecule has 0 saturated carbocycles. The van der Waals surface area contributed by atoms with Gasteiger partial charge in [0.05, 0.1) is 5.69 Å². The average Bonchev–Trinajstić information content (AvgIpc) is 3.01. The Bertz CT molecular complexity index is 551. The number of rotatable bonds is 5. The van der Waals surface area contributed by atoms with Crippen molar-refractivity contribution in [3.8, 4) is 0 Å². The molecule has 1 aromatic carbocycles. The second-order valence-electron chi connectivity index (χ2n) is 6.63. The van der Waals surface area contributed by atoms with E-state index in [1.165, 1.54) is 25.5 Å². The SMILES string of the molecule is CC[C@H]1CN2CCC[C@@H]2CN1CCC(=O)Nc1ccccc1F. The van der Waals surface area contributed by atoms with Crippen LogP contribution in [-0.4, -0.2) is 54.0 Å². The number of fused-ring (bicyclic) bond motifs is 1. The lowest BCUT2D eigenvalue weighted by Crippen LogP contribution is -2.56. The van der Waals surface area contributed by atoms with E-state index in [0.717, 1.165) is 26.1 Å². The molecule has 0 aliphatic carbocycles. The van der Waals surface area contributed by atoms with Crippen molar-refractivity contribution in [2.24, 2.45) is 0 Å². The zero-order chi connectivity index (χ0) is 16.2. The summed E-state index contributed by atoms with van der Waals surface area (Å²) in [6.07, 6.45) is 4.09. The number of benzene rings is 1. The number of hydrogen-bond donors (Lipinski definition) is 1. The molecule has 23 heavy (non-hydrogen) atoms. The zero-order valence-electron chi connectivity index (χ0n) is 13.8. The van der Waals surface area contributed by atoms with Crippen LogP contribution in [-0.2, 0) is 4.79 Å². The van der Waals surface area contributed by atoms with Crippen LogP contribution in [0.25, 0.3) is 0 Å². The Morgan fingerprint density at radius 2 is 2.17 bits per heavy atom. The highest BCUT2D eigenvalue weighted by Gasteiger charge is 2.35. The van der Waals surface area contributed by atoms with E-state index in [1.807, 2.05) is 0 Å². The molecule has 0 aromatic heterocycles. The highest BCUT2D eigenvalue weighted by Crippen LogP contribution is 2.26. The Kier molecular flexibility index (Phi) is 5.28. The Balaban J connectivity index is 1.52. The van der Waals surface area contributed by atoms with Crippen molar-refractivity contribution in [1.29, 1.82) is 0 Å². The van der Waals surface area contributed by atoms with Gasteiger partial charge in [-0.05, 0) is 37.9 Å². The highest BCUT2D eigenvalue weighted by atomic mass is 19.1. The van der Waals surface area contributed by atoms with Crippen molar-refractivity contribution < 1.29 is 9.18 Å². The van der Waals surface area contributed by atoms with E-state index in [0.29, 0.717) is 18.5 Å². The molecule has 2 aliphatic heterocycles. The Morgan fingerprint density at radius 3 is 2.96 bits per heavy atom. The zero-order valence-corrected chi connectivity index (χ0v) is 13.8. The molecule has 2 aliphatic rings. The molecule has 1 amide bonds. The molecule has 1 N–H and O–H groups in total. The molecule has 0 unspecified atom stereocenters. The number of nitrogens with one attached hydrogen (secondary N) is 1. The molecular formula is C18H26FN3O. The molecule has 2 atom stereocenters. The van der Waals surface area contributed by atoms with Crippen LogP contribution in [0.4, 0.5) is 10.1 Å². The van der Waals surface area contributed by atoms with Gasteiger partial charge in [0.1, 0.15) is 5.82 Å². The first-order valence-corrected chi connectivity index (χ1v) is 8.70. The van der Waals surface area contributed by atoms with Crippen LogP contribution in [0.2, 0.25) is 0 Å². The monoisotopic (exact) mass is 319 g/mol. The van der Waals surface area contributed by atoms with Gasteiger partial charge in [0.2, 0.25) is 5.91 Å². The number of nitrogens with zero attached hydrogens (tertiary/aromatic N) is 2. The van der Waals surface area contributed by atoms with Crippen molar-refractivity contribution in [2.45, 2.75) is 44.7 Å². The average molecular weight is 319 g/mol. The van der Waals surface area contributed by atoms with E-state index in [9.17, 15) is 9.18 Å². The summed E-state index contributed by atoms with van der Waals surface area (Å²) >= 11 is 0. The number of anilines is 1. The number of amides is 1. The summed E-state index contributed by atoms with van der Waals surface area (Å²) in [4.78, 5) is 17.2. The smallest absolute Gasteiger partial charge is 0.225 e. The van der Waals surface area contributed by atoms with Gasteiger partial charge in [0.15, 0.2) is 0 Å². The lowest BCUT2D eigenvalue weighted by molar-refractivity contribution is -0.116. The fourth-order valence-electron chi connectivity index (χ4n) is 3.83. The van der Waals surface area contributed by atoms with E-state index in [1.54, 1.807) is 18.2 Å². The van der Waals surface area contributed by atoms with Crippen LogP contribution in [0.3, 0.4) is 0 Å². The van der Waals surface area contributed by atoms with Crippen molar-refractivity contribution in [3.63, 3.8) is 0 Å². The van der Waals surface area contributed by atoms with Gasteiger partial charge in [0, 0.05) is 38.1 Å². The van der Waals surface area contributed by atoms with Gasteiger partial charge in [0.25, 0.3) is 0 Å². The molecule has 0 radical (unpaired) electrons. The molecule has 2 fully saturated rings. The number of hydrogen-bond acceptors (Lipinski definition) is 3. The molecule has 2 heterocycles. The van der Waals surface area contributed by atoms with Crippen LogP contribution in [0.1, 0.15) is 32.6 Å². The van der Waals surface area contributed by atoms with Crippen LogP contribution in [0.15, 0.2) is 24.3 Å². The van der Waals surface area contributed by atoms with Gasteiger partial charge in [-0.3, -0.25) is 14.6 Å². The van der Waals surface area contributed by atoms with Crippen LogP contribution in [0, 0.1) is 5.82 Å². The second kappa shape index (κ2) is 7.41. The van der Waals surface area contributed by atoms with Crippen LogP contribution >= 0.6 is 0 Å². The lowest BCUT2D eigenvalue weighted by Gasteiger charge is -2.43. The van der Waals surface area contributed by atoms with Gasteiger partial charge in [-0.2, -0.15) is 0 Å². The molecule has 3 rings (SSSR count). The fourth-order valence-corrected chi connectivity index (χ4v) is 3.83. The first kappa shape index (κ1) is 16.4. The summed E-state index contributed by atoms with van der Waals surface area (Å²) in [6, 6.07) is 7.50. The van der Waals surface area contributed by atoms with Gasteiger partial charge in [-0.15, -0.1) is 0 Å². The predicted molar refractivity (Wildman–Crippen MR) is 89.9 cm³/mol. The summed E-state index contributed by atoms with van der Waals surface area (Å²) in [7, 11) is 0. The third kappa shape index (κ3) is 3.90. The molecular weight excluding hydrogens is 293 g/mol. The van der Waals surface area contributed by atoms with E-state index in [2.05, 4.69) is 22.0 Å². The predicted octanol–water partition coefficient (Wildman–Crippen LogP) is 2.71. The van der Waals surface area contributed by atoms with E-state index in [-0.39, 0.29) is 17.4 Å². The second-order valence-corrected chi connectivity index (χ2v) is 6.63. The first-order chi connectivity index (χ1) is 11.2. The topological polar surface area (TPSA) is 35.6 Å². The van der Waals surface area contributed by atoms with Crippen molar-refractivity contribution in [3.05, 3.63) is 30.1 Å². The minimum atomic E-state index is -0.383. The summed E-state index contributed by atoms with van der Waals surface area (Å²) in [6.45, 7) is 6.38. The van der Waals surface area contributed by atoms with Gasteiger partial charge >= 0.3 is 0 Å². The number of piperazine rings is 1. The van der Waals surface area contributed by atoms with Crippen molar-refractivity contribution >= 4 is 11.6 Å². The minimum absolute atomic E-state index is 0.112. The van der Waals surface area contributed by atoms with Crippen molar-refractivity contribution in [1.82, 2.24) is 9.80 Å². The summed E-state index contributed by atoms with van der Waals surface area (Å²) in [5.41, 5.74) is 0.269. The van der Waals surface area contributed by atoms with Gasteiger partial charge < -0.3 is 5.32 Å². The number of para-hydroxylation sites is 1. The maximum atomic E-state index is 13.6.